The topological polar surface area (TPSA) is 29.5 Å². The standard InChI is InChI=1S/C14H22O2/c1-12(2)7-6-8-13(15)11-16-14-9-4-3-5-10-14/h3-5,9-10,12-13,15H,6-8,11H2,1-2H3. The van der Waals surface area contributed by atoms with Crippen LogP contribution in [-0.4, -0.2) is 17.8 Å². The molecule has 0 saturated heterocycles. The van der Waals surface area contributed by atoms with Gasteiger partial charge in [-0.15, -0.1) is 0 Å². The predicted octanol–water partition coefficient (Wildman–Crippen LogP) is 3.25. The van der Waals surface area contributed by atoms with Crippen LogP contribution in [0.3, 0.4) is 0 Å². The molecule has 0 saturated carbocycles. The quantitative estimate of drug-likeness (QED) is 0.767. The van der Waals surface area contributed by atoms with E-state index in [2.05, 4.69) is 13.8 Å². The first-order valence-corrected chi connectivity index (χ1v) is 6.04. The summed E-state index contributed by atoms with van der Waals surface area (Å²) in [6.45, 7) is 4.79. The molecule has 90 valence electrons. The van der Waals surface area contributed by atoms with Crippen LogP contribution >= 0.6 is 0 Å². The minimum absolute atomic E-state index is 0.348. The Hall–Kier alpha value is -1.02. The summed E-state index contributed by atoms with van der Waals surface area (Å²) in [7, 11) is 0. The molecule has 0 spiro atoms. The minimum atomic E-state index is -0.348. The van der Waals surface area contributed by atoms with Crippen LogP contribution in [0.1, 0.15) is 33.1 Å². The number of aliphatic hydroxyl groups is 1. The molecule has 1 atom stereocenters. The van der Waals surface area contributed by atoms with Crippen LogP contribution in [-0.2, 0) is 0 Å². The molecule has 1 rings (SSSR count). The first-order valence-electron chi connectivity index (χ1n) is 6.04. The van der Waals surface area contributed by atoms with Crippen LogP contribution < -0.4 is 4.74 Å². The van der Waals surface area contributed by atoms with Gasteiger partial charge in [-0.2, -0.15) is 0 Å². The second kappa shape index (κ2) is 7.29. The molecular weight excluding hydrogens is 200 g/mol. The van der Waals surface area contributed by atoms with E-state index in [0.717, 1.165) is 18.6 Å². The summed E-state index contributed by atoms with van der Waals surface area (Å²) in [5.41, 5.74) is 0. The molecule has 1 aromatic rings. The van der Waals surface area contributed by atoms with Crippen LogP contribution in [0.25, 0.3) is 0 Å². The predicted molar refractivity (Wildman–Crippen MR) is 66.6 cm³/mol. The van der Waals surface area contributed by atoms with E-state index in [4.69, 9.17) is 4.74 Å². The van der Waals surface area contributed by atoms with Gasteiger partial charge in [-0.05, 0) is 24.5 Å². The van der Waals surface area contributed by atoms with E-state index >= 15 is 0 Å². The molecule has 1 N–H and O–H groups in total. The molecule has 0 aromatic heterocycles. The number of benzene rings is 1. The van der Waals surface area contributed by atoms with E-state index < -0.39 is 0 Å². The highest BCUT2D eigenvalue weighted by molar-refractivity contribution is 5.20. The van der Waals surface area contributed by atoms with E-state index in [9.17, 15) is 5.11 Å². The zero-order valence-electron chi connectivity index (χ0n) is 10.2. The Morgan fingerprint density at radius 3 is 2.44 bits per heavy atom. The average Bonchev–Trinajstić information content (AvgIpc) is 2.27. The van der Waals surface area contributed by atoms with E-state index in [0.29, 0.717) is 12.5 Å². The molecule has 1 aromatic carbocycles. The summed E-state index contributed by atoms with van der Waals surface area (Å²) in [4.78, 5) is 0. The van der Waals surface area contributed by atoms with Crippen LogP contribution in [0.2, 0.25) is 0 Å². The summed E-state index contributed by atoms with van der Waals surface area (Å²) in [6, 6.07) is 9.62. The fourth-order valence-electron chi connectivity index (χ4n) is 1.55. The van der Waals surface area contributed by atoms with Crippen LogP contribution in [0, 0.1) is 5.92 Å². The molecule has 2 heteroatoms. The lowest BCUT2D eigenvalue weighted by molar-refractivity contribution is 0.0968. The maximum Gasteiger partial charge on any atom is 0.119 e. The second-order valence-electron chi connectivity index (χ2n) is 4.60. The van der Waals surface area contributed by atoms with Crippen molar-refractivity contribution in [3.63, 3.8) is 0 Å². The lowest BCUT2D eigenvalue weighted by atomic mass is 10.0. The van der Waals surface area contributed by atoms with Gasteiger partial charge in [-0.3, -0.25) is 0 Å². The van der Waals surface area contributed by atoms with Crippen molar-refractivity contribution in [2.75, 3.05) is 6.61 Å². The highest BCUT2D eigenvalue weighted by Gasteiger charge is 2.05. The molecule has 0 radical (unpaired) electrons. The van der Waals surface area contributed by atoms with Gasteiger partial charge in [0.05, 0.1) is 6.10 Å². The Labute approximate surface area is 98.3 Å². The van der Waals surface area contributed by atoms with Gasteiger partial charge in [0.1, 0.15) is 12.4 Å². The Bertz CT molecular complexity index is 269. The van der Waals surface area contributed by atoms with E-state index in [1.807, 2.05) is 30.3 Å². The molecule has 1 unspecified atom stereocenters. The van der Waals surface area contributed by atoms with Crippen LogP contribution in [0.4, 0.5) is 0 Å². The largest absolute Gasteiger partial charge is 0.491 e. The van der Waals surface area contributed by atoms with E-state index in [1.165, 1.54) is 6.42 Å². The third-order valence-electron chi connectivity index (χ3n) is 2.50. The third kappa shape index (κ3) is 5.76. The van der Waals surface area contributed by atoms with Gasteiger partial charge in [-0.1, -0.05) is 44.9 Å². The Balaban J connectivity index is 2.13. The highest BCUT2D eigenvalue weighted by Crippen LogP contribution is 2.11. The normalized spacial score (nSPS) is 12.8. The smallest absolute Gasteiger partial charge is 0.119 e. The lowest BCUT2D eigenvalue weighted by Gasteiger charge is -2.12. The van der Waals surface area contributed by atoms with Gasteiger partial charge >= 0.3 is 0 Å². The summed E-state index contributed by atoms with van der Waals surface area (Å²) in [5.74, 6) is 1.53. The molecular formula is C14H22O2. The molecule has 0 heterocycles. The number of rotatable bonds is 7. The summed E-state index contributed by atoms with van der Waals surface area (Å²) in [6.07, 6.45) is 2.71. The Morgan fingerprint density at radius 2 is 1.81 bits per heavy atom. The van der Waals surface area contributed by atoms with Crippen molar-refractivity contribution in [1.82, 2.24) is 0 Å². The van der Waals surface area contributed by atoms with E-state index in [-0.39, 0.29) is 6.10 Å². The van der Waals surface area contributed by atoms with Gasteiger partial charge in [-0.25, -0.2) is 0 Å². The highest BCUT2D eigenvalue weighted by atomic mass is 16.5. The molecule has 0 fully saturated rings. The summed E-state index contributed by atoms with van der Waals surface area (Å²) < 4.78 is 5.48. The molecule has 0 aliphatic carbocycles. The first-order chi connectivity index (χ1) is 7.68. The van der Waals surface area contributed by atoms with Crippen LogP contribution in [0.15, 0.2) is 30.3 Å². The maximum atomic E-state index is 9.70. The fraction of sp³-hybridized carbons (Fsp3) is 0.571. The van der Waals surface area contributed by atoms with Gasteiger partial charge in [0.25, 0.3) is 0 Å². The van der Waals surface area contributed by atoms with Crippen molar-refractivity contribution in [1.29, 1.82) is 0 Å². The van der Waals surface area contributed by atoms with Crippen molar-refractivity contribution in [3.8, 4) is 5.75 Å². The van der Waals surface area contributed by atoms with Crippen molar-refractivity contribution >= 4 is 0 Å². The molecule has 2 nitrogen and oxygen atoms in total. The fourth-order valence-corrected chi connectivity index (χ4v) is 1.55. The summed E-state index contributed by atoms with van der Waals surface area (Å²) >= 11 is 0. The monoisotopic (exact) mass is 222 g/mol. The van der Waals surface area contributed by atoms with Crippen molar-refractivity contribution in [2.45, 2.75) is 39.2 Å². The third-order valence-corrected chi connectivity index (χ3v) is 2.50. The van der Waals surface area contributed by atoms with Gasteiger partial charge in [0, 0.05) is 0 Å². The zero-order chi connectivity index (χ0) is 11.8. The molecule has 0 amide bonds. The molecule has 16 heavy (non-hydrogen) atoms. The van der Waals surface area contributed by atoms with Crippen molar-refractivity contribution in [3.05, 3.63) is 30.3 Å². The Kier molecular flexibility index (Phi) is 5.94. The number of ether oxygens (including phenoxy) is 1. The molecule has 0 aliphatic heterocycles. The van der Waals surface area contributed by atoms with Gasteiger partial charge < -0.3 is 9.84 Å². The van der Waals surface area contributed by atoms with E-state index in [1.54, 1.807) is 0 Å². The SMILES string of the molecule is CC(C)CCCC(O)COc1ccccc1. The number of hydrogen-bond acceptors (Lipinski definition) is 2. The van der Waals surface area contributed by atoms with Crippen molar-refractivity contribution in [2.24, 2.45) is 5.92 Å². The number of aliphatic hydroxyl groups excluding tert-OH is 1. The number of para-hydroxylation sites is 1. The first kappa shape index (κ1) is 13.0. The zero-order valence-corrected chi connectivity index (χ0v) is 10.2. The lowest BCUT2D eigenvalue weighted by Crippen LogP contribution is -2.17. The van der Waals surface area contributed by atoms with Crippen molar-refractivity contribution < 1.29 is 9.84 Å². The van der Waals surface area contributed by atoms with Gasteiger partial charge in [0.2, 0.25) is 0 Å². The molecule has 0 bridgehead atoms. The second-order valence-corrected chi connectivity index (χ2v) is 4.60. The minimum Gasteiger partial charge on any atom is -0.491 e. The summed E-state index contributed by atoms with van der Waals surface area (Å²) in [5, 5.41) is 9.70. The Morgan fingerprint density at radius 1 is 1.12 bits per heavy atom. The van der Waals surface area contributed by atoms with Gasteiger partial charge in [0.15, 0.2) is 0 Å². The average molecular weight is 222 g/mol. The maximum absolute atomic E-state index is 9.70. The van der Waals surface area contributed by atoms with Crippen LogP contribution in [0.5, 0.6) is 5.75 Å². The number of hydrogen-bond donors (Lipinski definition) is 1. The molecule has 0 aliphatic rings.